The van der Waals surface area contributed by atoms with Crippen molar-refractivity contribution in [3.8, 4) is 0 Å². The van der Waals surface area contributed by atoms with Crippen LogP contribution >= 0.6 is 0 Å². The highest BCUT2D eigenvalue weighted by Gasteiger charge is 2.32. The molecule has 0 aliphatic carbocycles. The fourth-order valence-electron chi connectivity index (χ4n) is 1.69. The van der Waals surface area contributed by atoms with Crippen molar-refractivity contribution in [2.24, 2.45) is 0 Å². The summed E-state index contributed by atoms with van der Waals surface area (Å²) in [6, 6.07) is -0.549. The minimum absolute atomic E-state index is 0.160. The van der Waals surface area contributed by atoms with E-state index in [2.05, 4.69) is 10.6 Å². The molecule has 2 N–H and O–H groups in total. The zero-order chi connectivity index (χ0) is 12.8. The topological polar surface area (TPSA) is 78.5 Å². The standard InChI is InChI=1S/C11H19N3O3/c1-3-12-7-6-9(15)13-8-4-5-10(16)14(2)11(8)17/h8,12H,3-7H2,1-2H3,(H,13,15). The summed E-state index contributed by atoms with van der Waals surface area (Å²) in [5, 5.41) is 5.69. The van der Waals surface area contributed by atoms with Gasteiger partial charge in [0.2, 0.25) is 11.8 Å². The Morgan fingerprint density at radius 3 is 2.82 bits per heavy atom. The second-order valence-corrected chi connectivity index (χ2v) is 4.05. The van der Waals surface area contributed by atoms with Gasteiger partial charge in [-0.2, -0.15) is 0 Å². The van der Waals surface area contributed by atoms with Gasteiger partial charge in [0.05, 0.1) is 0 Å². The average Bonchev–Trinajstić information content (AvgIpc) is 2.30. The van der Waals surface area contributed by atoms with E-state index in [1.807, 2.05) is 6.92 Å². The molecule has 0 spiro atoms. The van der Waals surface area contributed by atoms with E-state index in [1.165, 1.54) is 7.05 Å². The summed E-state index contributed by atoms with van der Waals surface area (Å²) in [4.78, 5) is 35.5. The highest BCUT2D eigenvalue weighted by Crippen LogP contribution is 2.11. The maximum absolute atomic E-state index is 11.7. The van der Waals surface area contributed by atoms with Gasteiger partial charge in [0, 0.05) is 26.4 Å². The number of nitrogens with zero attached hydrogens (tertiary/aromatic N) is 1. The molecule has 17 heavy (non-hydrogen) atoms. The first kappa shape index (κ1) is 13.6. The Balaban J connectivity index is 2.38. The molecule has 1 aliphatic rings. The van der Waals surface area contributed by atoms with Gasteiger partial charge in [0.1, 0.15) is 6.04 Å². The normalized spacial score (nSPS) is 20.6. The third-order valence-corrected chi connectivity index (χ3v) is 2.76. The zero-order valence-corrected chi connectivity index (χ0v) is 10.3. The van der Waals surface area contributed by atoms with Crippen LogP contribution in [0.25, 0.3) is 0 Å². The lowest BCUT2D eigenvalue weighted by molar-refractivity contribution is -0.149. The van der Waals surface area contributed by atoms with Gasteiger partial charge in [0.25, 0.3) is 5.91 Å². The number of likely N-dealkylation sites (N-methyl/N-ethyl adjacent to an activating group) is 1. The van der Waals surface area contributed by atoms with Crippen LogP contribution in [0.1, 0.15) is 26.2 Å². The first-order valence-electron chi connectivity index (χ1n) is 5.86. The van der Waals surface area contributed by atoms with Crippen molar-refractivity contribution in [3.05, 3.63) is 0 Å². The molecule has 0 radical (unpaired) electrons. The van der Waals surface area contributed by atoms with E-state index in [0.717, 1.165) is 11.4 Å². The van der Waals surface area contributed by atoms with Gasteiger partial charge in [-0.05, 0) is 13.0 Å². The van der Waals surface area contributed by atoms with Gasteiger partial charge in [0.15, 0.2) is 0 Å². The molecule has 6 heteroatoms. The number of imide groups is 1. The molecule has 1 atom stereocenters. The van der Waals surface area contributed by atoms with Crippen LogP contribution in [0.4, 0.5) is 0 Å². The molecule has 0 aromatic carbocycles. The van der Waals surface area contributed by atoms with Gasteiger partial charge < -0.3 is 10.6 Å². The van der Waals surface area contributed by atoms with Gasteiger partial charge >= 0.3 is 0 Å². The van der Waals surface area contributed by atoms with Crippen LogP contribution in [0.3, 0.4) is 0 Å². The number of nitrogens with one attached hydrogen (secondary N) is 2. The van der Waals surface area contributed by atoms with Crippen molar-refractivity contribution >= 4 is 17.7 Å². The Labute approximate surface area is 101 Å². The largest absolute Gasteiger partial charge is 0.344 e. The molecular formula is C11H19N3O3. The first-order valence-corrected chi connectivity index (χ1v) is 5.86. The minimum Gasteiger partial charge on any atom is -0.344 e. The van der Waals surface area contributed by atoms with E-state index in [-0.39, 0.29) is 17.7 Å². The molecule has 0 aromatic rings. The fraction of sp³-hybridized carbons (Fsp3) is 0.727. The van der Waals surface area contributed by atoms with Gasteiger partial charge in [-0.25, -0.2) is 0 Å². The molecular weight excluding hydrogens is 222 g/mol. The van der Waals surface area contributed by atoms with Crippen molar-refractivity contribution in [2.45, 2.75) is 32.2 Å². The van der Waals surface area contributed by atoms with Crippen molar-refractivity contribution < 1.29 is 14.4 Å². The summed E-state index contributed by atoms with van der Waals surface area (Å²) in [5.41, 5.74) is 0. The summed E-state index contributed by atoms with van der Waals surface area (Å²) >= 11 is 0. The predicted molar refractivity (Wildman–Crippen MR) is 62.1 cm³/mol. The highest BCUT2D eigenvalue weighted by atomic mass is 16.2. The Morgan fingerprint density at radius 2 is 2.18 bits per heavy atom. The third-order valence-electron chi connectivity index (χ3n) is 2.76. The number of hydrogen-bond donors (Lipinski definition) is 2. The molecule has 6 nitrogen and oxygen atoms in total. The third kappa shape index (κ3) is 3.81. The molecule has 1 aliphatic heterocycles. The number of hydrogen-bond acceptors (Lipinski definition) is 4. The van der Waals surface area contributed by atoms with Crippen LogP contribution in [0, 0.1) is 0 Å². The van der Waals surface area contributed by atoms with Crippen LogP contribution in [0.15, 0.2) is 0 Å². The second-order valence-electron chi connectivity index (χ2n) is 4.05. The van der Waals surface area contributed by atoms with Gasteiger partial charge in [-0.1, -0.05) is 6.92 Å². The molecule has 1 saturated heterocycles. The summed E-state index contributed by atoms with van der Waals surface area (Å²) in [7, 11) is 1.45. The van der Waals surface area contributed by atoms with E-state index >= 15 is 0 Å². The van der Waals surface area contributed by atoms with E-state index in [9.17, 15) is 14.4 Å². The zero-order valence-electron chi connectivity index (χ0n) is 10.3. The van der Waals surface area contributed by atoms with Gasteiger partial charge in [-0.3, -0.25) is 19.3 Å². The SMILES string of the molecule is CCNCCC(=O)NC1CCC(=O)N(C)C1=O. The average molecular weight is 241 g/mol. The number of amides is 3. The van der Waals surface area contributed by atoms with E-state index in [1.54, 1.807) is 0 Å². The molecule has 0 bridgehead atoms. The van der Waals surface area contributed by atoms with E-state index < -0.39 is 6.04 Å². The van der Waals surface area contributed by atoms with Crippen LogP contribution in [-0.4, -0.2) is 48.8 Å². The molecule has 1 rings (SSSR count). The number of carbonyl (C=O) groups excluding carboxylic acids is 3. The molecule has 1 fully saturated rings. The molecule has 96 valence electrons. The molecule has 1 unspecified atom stereocenters. The summed E-state index contributed by atoms with van der Waals surface area (Å²) in [6.07, 6.45) is 1.05. The number of piperidine rings is 1. The quantitative estimate of drug-likeness (QED) is 0.490. The lowest BCUT2D eigenvalue weighted by Crippen LogP contribution is -2.53. The highest BCUT2D eigenvalue weighted by molar-refractivity contribution is 6.01. The van der Waals surface area contributed by atoms with Crippen LogP contribution in [0.2, 0.25) is 0 Å². The Bertz CT molecular complexity index is 317. The number of likely N-dealkylation sites (tertiary alicyclic amines) is 1. The molecule has 0 saturated carbocycles. The summed E-state index contributed by atoms with van der Waals surface area (Å²) in [6.45, 7) is 3.37. The Hall–Kier alpha value is -1.43. The Morgan fingerprint density at radius 1 is 1.47 bits per heavy atom. The lowest BCUT2D eigenvalue weighted by Gasteiger charge is -2.28. The van der Waals surface area contributed by atoms with Crippen molar-refractivity contribution in [1.29, 1.82) is 0 Å². The van der Waals surface area contributed by atoms with Crippen molar-refractivity contribution in [1.82, 2.24) is 15.5 Å². The molecule has 0 aromatic heterocycles. The predicted octanol–water partition coefficient (Wildman–Crippen LogP) is -0.750. The first-order chi connectivity index (χ1) is 8.06. The molecule has 1 heterocycles. The van der Waals surface area contributed by atoms with Crippen molar-refractivity contribution in [3.63, 3.8) is 0 Å². The number of rotatable bonds is 5. The second kappa shape index (κ2) is 6.34. The van der Waals surface area contributed by atoms with Crippen LogP contribution in [0.5, 0.6) is 0 Å². The fourth-order valence-corrected chi connectivity index (χ4v) is 1.69. The smallest absolute Gasteiger partial charge is 0.251 e. The van der Waals surface area contributed by atoms with E-state index in [0.29, 0.717) is 25.8 Å². The minimum atomic E-state index is -0.549. The van der Waals surface area contributed by atoms with Gasteiger partial charge in [-0.15, -0.1) is 0 Å². The Kier molecular flexibility index (Phi) is 5.09. The summed E-state index contributed by atoms with van der Waals surface area (Å²) < 4.78 is 0. The van der Waals surface area contributed by atoms with Crippen LogP contribution in [-0.2, 0) is 14.4 Å². The van der Waals surface area contributed by atoms with Crippen molar-refractivity contribution in [2.75, 3.05) is 20.1 Å². The number of carbonyl (C=O) groups is 3. The molecule has 3 amide bonds. The van der Waals surface area contributed by atoms with E-state index in [4.69, 9.17) is 0 Å². The maximum Gasteiger partial charge on any atom is 0.251 e. The lowest BCUT2D eigenvalue weighted by atomic mass is 10.0. The maximum atomic E-state index is 11.7. The summed E-state index contributed by atoms with van der Waals surface area (Å²) in [5.74, 6) is -0.668. The van der Waals surface area contributed by atoms with Crippen LogP contribution < -0.4 is 10.6 Å². The monoisotopic (exact) mass is 241 g/mol.